The minimum absolute atomic E-state index is 0.0808. The largest absolute Gasteiger partial charge is 0.443 e. The third-order valence-corrected chi connectivity index (χ3v) is 5.65. The molecule has 0 saturated heterocycles. The van der Waals surface area contributed by atoms with Crippen LogP contribution in [0.3, 0.4) is 0 Å². The quantitative estimate of drug-likeness (QED) is 0.380. The Morgan fingerprint density at radius 2 is 2.00 bits per heavy atom. The van der Waals surface area contributed by atoms with Crippen LogP contribution in [-0.2, 0) is 22.0 Å². The highest BCUT2D eigenvalue weighted by Crippen LogP contribution is 2.22. The van der Waals surface area contributed by atoms with Crippen molar-refractivity contribution >= 4 is 16.0 Å². The van der Waals surface area contributed by atoms with Gasteiger partial charge in [-0.1, -0.05) is 20.8 Å². The molecule has 0 atom stereocenters. The van der Waals surface area contributed by atoms with Crippen molar-refractivity contribution in [3.8, 4) is 0 Å². The normalized spacial score (nSPS) is 13.3. The van der Waals surface area contributed by atoms with Gasteiger partial charge in [-0.05, 0) is 20.3 Å². The smallest absolute Gasteiger partial charge is 0.216 e. The molecule has 0 amide bonds. The second-order valence-electron chi connectivity index (χ2n) is 7.07. The lowest BCUT2D eigenvalue weighted by Gasteiger charge is -2.16. The molecular formula is C17H33N5O3S. The molecule has 8 nitrogen and oxygen atoms in total. The number of hydrogen-bond acceptors (Lipinski definition) is 5. The molecule has 0 fully saturated rings. The molecular weight excluding hydrogens is 354 g/mol. The maximum absolute atomic E-state index is 11.7. The van der Waals surface area contributed by atoms with Gasteiger partial charge in [-0.25, -0.2) is 22.7 Å². The van der Waals surface area contributed by atoms with Crippen molar-refractivity contribution in [2.24, 2.45) is 4.99 Å². The van der Waals surface area contributed by atoms with Crippen LogP contribution in [0.4, 0.5) is 0 Å². The van der Waals surface area contributed by atoms with Gasteiger partial charge in [-0.3, -0.25) is 0 Å². The number of hydrogen-bond donors (Lipinski definition) is 2. The van der Waals surface area contributed by atoms with Crippen LogP contribution in [0.2, 0.25) is 0 Å². The summed E-state index contributed by atoms with van der Waals surface area (Å²) >= 11 is 0. The van der Waals surface area contributed by atoms with E-state index in [1.54, 1.807) is 20.2 Å². The maximum Gasteiger partial charge on any atom is 0.216 e. The van der Waals surface area contributed by atoms with Crippen LogP contribution in [0.25, 0.3) is 0 Å². The van der Waals surface area contributed by atoms with E-state index < -0.39 is 10.0 Å². The van der Waals surface area contributed by atoms with Gasteiger partial charge in [0.2, 0.25) is 15.9 Å². The summed E-state index contributed by atoms with van der Waals surface area (Å²) in [7, 11) is -1.52. The van der Waals surface area contributed by atoms with Gasteiger partial charge < -0.3 is 15.1 Å². The predicted molar refractivity (Wildman–Crippen MR) is 105 cm³/mol. The summed E-state index contributed by atoms with van der Waals surface area (Å²) in [6.45, 7) is 12.0. The van der Waals surface area contributed by atoms with Crippen LogP contribution < -0.4 is 10.6 Å². The van der Waals surface area contributed by atoms with E-state index in [1.807, 2.05) is 6.92 Å². The second-order valence-corrected chi connectivity index (χ2v) is 9.43. The third kappa shape index (κ3) is 7.33. The average Bonchev–Trinajstić information content (AvgIpc) is 3.05. The average molecular weight is 388 g/mol. The molecule has 1 rings (SSSR count). The van der Waals surface area contributed by atoms with E-state index in [0.717, 1.165) is 12.3 Å². The van der Waals surface area contributed by atoms with E-state index in [0.29, 0.717) is 37.9 Å². The van der Waals surface area contributed by atoms with Crippen molar-refractivity contribution in [1.29, 1.82) is 0 Å². The van der Waals surface area contributed by atoms with Crippen LogP contribution in [0.1, 0.15) is 52.7 Å². The summed E-state index contributed by atoms with van der Waals surface area (Å²) in [4.78, 5) is 8.74. The maximum atomic E-state index is 11.7. The van der Waals surface area contributed by atoms with Gasteiger partial charge in [-0.2, -0.15) is 0 Å². The minimum atomic E-state index is -3.13. The number of rotatable bonds is 9. The lowest BCUT2D eigenvalue weighted by molar-refractivity contribution is 0.383. The molecule has 0 aliphatic heterocycles. The van der Waals surface area contributed by atoms with Crippen molar-refractivity contribution in [3.05, 3.63) is 17.8 Å². The molecule has 26 heavy (non-hydrogen) atoms. The van der Waals surface area contributed by atoms with Crippen molar-refractivity contribution in [1.82, 2.24) is 19.9 Å². The van der Waals surface area contributed by atoms with E-state index in [4.69, 9.17) is 4.42 Å². The van der Waals surface area contributed by atoms with Gasteiger partial charge in [-0.15, -0.1) is 0 Å². The molecule has 0 aliphatic rings. The number of aromatic nitrogens is 1. The Hall–Kier alpha value is -1.61. The van der Waals surface area contributed by atoms with Gasteiger partial charge in [0.05, 0.1) is 11.9 Å². The Balaban J connectivity index is 2.52. The van der Waals surface area contributed by atoms with Crippen molar-refractivity contribution in [3.63, 3.8) is 0 Å². The molecule has 0 aliphatic carbocycles. The van der Waals surface area contributed by atoms with Crippen LogP contribution in [-0.4, -0.2) is 56.1 Å². The van der Waals surface area contributed by atoms with E-state index in [2.05, 4.69) is 41.4 Å². The Kier molecular flexibility index (Phi) is 8.55. The highest BCUT2D eigenvalue weighted by molar-refractivity contribution is 7.89. The number of nitrogens with zero attached hydrogens (tertiary/aromatic N) is 3. The van der Waals surface area contributed by atoms with Gasteiger partial charge in [0.15, 0.2) is 5.96 Å². The fourth-order valence-electron chi connectivity index (χ4n) is 2.09. The predicted octanol–water partition coefficient (Wildman–Crippen LogP) is 1.70. The molecule has 150 valence electrons. The van der Waals surface area contributed by atoms with Crippen LogP contribution in [0, 0.1) is 0 Å². The van der Waals surface area contributed by atoms with E-state index in [1.165, 1.54) is 4.31 Å². The summed E-state index contributed by atoms with van der Waals surface area (Å²) < 4.78 is 30.6. The number of aliphatic imine (C=N–C) groups is 1. The van der Waals surface area contributed by atoms with Gasteiger partial charge in [0.1, 0.15) is 12.3 Å². The van der Waals surface area contributed by atoms with Crippen LogP contribution >= 0.6 is 0 Å². The summed E-state index contributed by atoms with van der Waals surface area (Å²) in [5, 5.41) is 6.36. The van der Waals surface area contributed by atoms with Gasteiger partial charge in [0.25, 0.3) is 0 Å². The molecule has 1 aromatic rings. The SMILES string of the molecule is CCNC(=NCc1ncc(C(C)(C)C)o1)NCCCN(C)S(=O)(=O)CC. The van der Waals surface area contributed by atoms with Gasteiger partial charge in [0, 0.05) is 32.1 Å². The fraction of sp³-hybridized carbons (Fsp3) is 0.765. The first-order valence-electron chi connectivity index (χ1n) is 9.01. The van der Waals surface area contributed by atoms with Crippen molar-refractivity contribution in [2.75, 3.05) is 32.4 Å². The zero-order valence-corrected chi connectivity index (χ0v) is 17.6. The third-order valence-electron chi connectivity index (χ3n) is 3.79. The lowest BCUT2D eigenvalue weighted by Crippen LogP contribution is -2.39. The topological polar surface area (TPSA) is 99.8 Å². The first-order chi connectivity index (χ1) is 12.1. The second kappa shape index (κ2) is 9.91. The minimum Gasteiger partial charge on any atom is -0.443 e. The molecule has 0 radical (unpaired) electrons. The van der Waals surface area contributed by atoms with E-state index in [9.17, 15) is 8.42 Å². The fourth-order valence-corrected chi connectivity index (χ4v) is 2.93. The number of guanidine groups is 1. The highest BCUT2D eigenvalue weighted by atomic mass is 32.2. The Bertz CT molecular complexity index is 677. The molecule has 1 aromatic heterocycles. The molecule has 9 heteroatoms. The van der Waals surface area contributed by atoms with E-state index in [-0.39, 0.29) is 11.2 Å². The number of nitrogens with one attached hydrogen (secondary N) is 2. The molecule has 0 spiro atoms. The molecule has 2 N–H and O–H groups in total. The van der Waals surface area contributed by atoms with E-state index >= 15 is 0 Å². The first kappa shape index (κ1) is 22.4. The molecule has 1 heterocycles. The van der Waals surface area contributed by atoms with Gasteiger partial charge >= 0.3 is 0 Å². The summed E-state index contributed by atoms with van der Waals surface area (Å²) in [5.74, 6) is 2.18. The lowest BCUT2D eigenvalue weighted by atomic mass is 9.94. The monoisotopic (exact) mass is 387 g/mol. The Labute approximate surface area is 157 Å². The first-order valence-corrected chi connectivity index (χ1v) is 10.6. The molecule has 0 unspecified atom stereocenters. The molecule has 0 bridgehead atoms. The standard InChI is InChI=1S/C17H33N5O3S/c1-7-18-16(19-10-9-11-22(6)26(23,24)8-2)21-13-15-20-12-14(25-15)17(3,4)5/h12H,7-11,13H2,1-6H3,(H2,18,19,21). The Morgan fingerprint density at radius 1 is 1.31 bits per heavy atom. The zero-order chi connectivity index (χ0) is 19.8. The number of oxazole rings is 1. The van der Waals surface area contributed by atoms with Crippen LogP contribution in [0.15, 0.2) is 15.6 Å². The highest BCUT2D eigenvalue weighted by Gasteiger charge is 2.19. The van der Waals surface area contributed by atoms with Crippen LogP contribution in [0.5, 0.6) is 0 Å². The Morgan fingerprint density at radius 3 is 2.54 bits per heavy atom. The van der Waals surface area contributed by atoms with Crippen molar-refractivity contribution in [2.45, 2.75) is 53.0 Å². The summed E-state index contributed by atoms with van der Waals surface area (Å²) in [6.07, 6.45) is 2.43. The van der Waals surface area contributed by atoms with Crippen molar-refractivity contribution < 1.29 is 12.8 Å². The molecule has 0 aromatic carbocycles. The molecule has 0 saturated carbocycles. The zero-order valence-electron chi connectivity index (χ0n) is 16.8. The summed E-state index contributed by atoms with van der Waals surface area (Å²) in [6, 6.07) is 0. The number of sulfonamides is 1. The summed E-state index contributed by atoms with van der Waals surface area (Å²) in [5.41, 5.74) is -0.0808.